The van der Waals surface area contributed by atoms with Crippen LogP contribution in [0.25, 0.3) is 0 Å². The van der Waals surface area contributed by atoms with Crippen LogP contribution in [0.2, 0.25) is 0 Å². The number of halogens is 1. The first-order valence-electron chi connectivity index (χ1n) is 4.59. The van der Waals surface area contributed by atoms with Gasteiger partial charge in [-0.05, 0) is 0 Å². The van der Waals surface area contributed by atoms with Gasteiger partial charge >= 0.3 is 101 Å². The summed E-state index contributed by atoms with van der Waals surface area (Å²) < 4.78 is 21.3. The third kappa shape index (κ3) is 3.16. The molecule has 1 aliphatic rings. The van der Waals surface area contributed by atoms with E-state index >= 15 is 0 Å². The van der Waals surface area contributed by atoms with Crippen LogP contribution in [-0.4, -0.2) is 24.5 Å². The zero-order valence-electron chi connectivity index (χ0n) is 9.60. The number of hydrogen-bond donors (Lipinski definition) is 0. The fourth-order valence-corrected chi connectivity index (χ4v) is 7.69. The van der Waals surface area contributed by atoms with E-state index in [0.717, 1.165) is 20.8 Å². The van der Waals surface area contributed by atoms with Gasteiger partial charge in [-0.1, -0.05) is 0 Å². The van der Waals surface area contributed by atoms with Gasteiger partial charge in [-0.25, -0.2) is 0 Å². The van der Waals surface area contributed by atoms with Gasteiger partial charge in [0.2, 0.25) is 0 Å². The van der Waals surface area contributed by atoms with Crippen molar-refractivity contribution in [1.82, 2.24) is 0 Å². The van der Waals surface area contributed by atoms with Crippen LogP contribution < -0.4 is 0 Å². The quantitative estimate of drug-likeness (QED) is 0.704. The monoisotopic (exact) mass is 360 g/mol. The van der Waals surface area contributed by atoms with Crippen molar-refractivity contribution >= 4 is 36.6 Å². The van der Waals surface area contributed by atoms with Crippen molar-refractivity contribution in [3.8, 4) is 0 Å². The molecule has 17 heavy (non-hydrogen) atoms. The number of carbonyl (C=O) groups is 3. The zero-order valence-corrected chi connectivity index (χ0v) is 11.8. The molecule has 0 spiro atoms. The SMILES string of the molecule is CC(=O)OI1(OC(C)=O)(OC(C)=O)C=CCO1. The van der Waals surface area contributed by atoms with Crippen molar-refractivity contribution in [3.05, 3.63) is 10.2 Å². The van der Waals surface area contributed by atoms with Crippen molar-refractivity contribution < 1.29 is 26.6 Å². The van der Waals surface area contributed by atoms with Gasteiger partial charge in [0.25, 0.3) is 0 Å². The van der Waals surface area contributed by atoms with Gasteiger partial charge < -0.3 is 0 Å². The first kappa shape index (κ1) is 13.9. The first-order chi connectivity index (χ1) is 7.77. The summed E-state index contributed by atoms with van der Waals surface area (Å²) in [5, 5.41) is 0. The summed E-state index contributed by atoms with van der Waals surface area (Å²) in [5.41, 5.74) is 0. The molecule has 0 radical (unpaired) electrons. The Kier molecular flexibility index (Phi) is 3.77. The first-order valence-corrected chi connectivity index (χ1v) is 9.36. The molecule has 0 unspecified atom stereocenters. The Morgan fingerprint density at radius 2 is 1.41 bits per heavy atom. The Morgan fingerprint density at radius 1 is 1.00 bits per heavy atom. The Hall–Kier alpha value is -1.16. The van der Waals surface area contributed by atoms with E-state index < -0.39 is 36.6 Å². The Balaban J connectivity index is 3.19. The molecule has 1 heterocycles. The average molecular weight is 360 g/mol. The molecule has 0 amide bonds. The fraction of sp³-hybridized carbons (Fsp3) is 0.444. The van der Waals surface area contributed by atoms with Gasteiger partial charge in [0.15, 0.2) is 0 Å². The van der Waals surface area contributed by atoms with Crippen molar-refractivity contribution in [2.75, 3.05) is 6.61 Å². The number of carbonyl (C=O) groups excluding carboxylic acids is 3. The van der Waals surface area contributed by atoms with Crippen molar-refractivity contribution in [2.24, 2.45) is 0 Å². The maximum absolute atomic E-state index is 11.1. The van der Waals surface area contributed by atoms with E-state index in [1.165, 1.54) is 10.2 Å². The van der Waals surface area contributed by atoms with Gasteiger partial charge in [0, 0.05) is 0 Å². The van der Waals surface area contributed by atoms with Crippen LogP contribution in [0.5, 0.6) is 0 Å². The van der Waals surface area contributed by atoms with Crippen LogP contribution in [0.4, 0.5) is 0 Å². The molecule has 0 bridgehead atoms. The van der Waals surface area contributed by atoms with E-state index in [2.05, 4.69) is 0 Å². The predicted octanol–water partition coefficient (Wildman–Crippen LogP) is 1.46. The van der Waals surface area contributed by atoms with Gasteiger partial charge in [-0.3, -0.25) is 0 Å². The predicted molar refractivity (Wildman–Crippen MR) is 64.4 cm³/mol. The maximum atomic E-state index is 11.1. The molecule has 0 saturated carbocycles. The third-order valence-electron chi connectivity index (χ3n) is 1.39. The van der Waals surface area contributed by atoms with E-state index in [1.807, 2.05) is 0 Å². The van der Waals surface area contributed by atoms with Crippen molar-refractivity contribution in [2.45, 2.75) is 20.8 Å². The molecule has 0 saturated heterocycles. The van der Waals surface area contributed by atoms with Crippen LogP contribution in [-0.2, 0) is 26.6 Å². The topological polar surface area (TPSA) is 88.1 Å². The summed E-state index contributed by atoms with van der Waals surface area (Å²) in [6, 6.07) is 0. The molecule has 0 aromatic rings. The molecule has 1 rings (SSSR count). The second-order valence-electron chi connectivity index (χ2n) is 3.08. The van der Waals surface area contributed by atoms with Gasteiger partial charge in [0.1, 0.15) is 0 Å². The summed E-state index contributed by atoms with van der Waals surface area (Å²) in [6.45, 7) is 3.37. The number of hydrogen-bond acceptors (Lipinski definition) is 7. The van der Waals surface area contributed by atoms with Crippen LogP contribution in [0.15, 0.2) is 10.2 Å². The third-order valence-corrected chi connectivity index (χ3v) is 8.80. The average Bonchev–Trinajstić information content (AvgIpc) is 2.44. The second-order valence-corrected chi connectivity index (χ2v) is 9.93. The molecule has 1 aliphatic heterocycles. The Labute approximate surface area is 101 Å². The van der Waals surface area contributed by atoms with Gasteiger partial charge in [-0.2, -0.15) is 0 Å². The minimum atomic E-state index is -5.28. The van der Waals surface area contributed by atoms with Crippen LogP contribution in [0.1, 0.15) is 20.8 Å². The van der Waals surface area contributed by atoms with E-state index in [0.29, 0.717) is 0 Å². The van der Waals surface area contributed by atoms with E-state index in [4.69, 9.17) is 12.3 Å². The van der Waals surface area contributed by atoms with E-state index in [1.54, 1.807) is 0 Å². The molecule has 8 heteroatoms. The molecule has 7 nitrogen and oxygen atoms in total. The van der Waals surface area contributed by atoms with Crippen molar-refractivity contribution in [3.63, 3.8) is 0 Å². The normalized spacial score (nSPS) is 21.9. The Morgan fingerprint density at radius 3 is 1.65 bits per heavy atom. The van der Waals surface area contributed by atoms with Crippen LogP contribution in [0, 0.1) is 0 Å². The minimum absolute atomic E-state index is 0.0440. The molecule has 0 aromatic heterocycles. The van der Waals surface area contributed by atoms with Gasteiger partial charge in [0.05, 0.1) is 0 Å². The molecule has 0 aliphatic carbocycles. The van der Waals surface area contributed by atoms with Crippen LogP contribution >= 0.6 is 18.7 Å². The molecular weight excluding hydrogens is 347 g/mol. The van der Waals surface area contributed by atoms with Gasteiger partial charge in [-0.15, -0.1) is 0 Å². The summed E-state index contributed by atoms with van der Waals surface area (Å²) in [4.78, 5) is 33.3. The van der Waals surface area contributed by atoms with Crippen LogP contribution in [0.3, 0.4) is 0 Å². The summed E-state index contributed by atoms with van der Waals surface area (Å²) in [6.07, 6.45) is 1.48. The van der Waals surface area contributed by atoms with Crippen molar-refractivity contribution in [1.29, 1.82) is 0 Å². The molecule has 0 atom stereocenters. The van der Waals surface area contributed by atoms with E-state index in [-0.39, 0.29) is 6.61 Å². The summed E-state index contributed by atoms with van der Waals surface area (Å²) >= 11 is -5.28. The summed E-state index contributed by atoms with van der Waals surface area (Å²) in [5.74, 6) is -2.27. The fourth-order valence-electron chi connectivity index (χ4n) is 1.15. The standard InChI is InChI=1S/C9H13IO7/c1-7(11)15-10(16-8(2)12,17-9(3)13)5-4-6-14-10/h4-5H,6H2,1-3H3. The van der Waals surface area contributed by atoms with E-state index in [9.17, 15) is 14.4 Å². The molecule has 0 fully saturated rings. The molecule has 0 N–H and O–H groups in total. The summed E-state index contributed by atoms with van der Waals surface area (Å²) in [7, 11) is 0. The molecule has 98 valence electrons. The number of rotatable bonds is 3. The molecule has 0 aromatic carbocycles. The Bertz CT molecular complexity index is 357. The molecular formula is C9H13IO7. The second kappa shape index (κ2) is 4.61. The zero-order chi connectivity index (χ0) is 13.1.